The molecule has 3 unspecified atom stereocenters. The van der Waals surface area contributed by atoms with E-state index in [4.69, 9.17) is 40.1 Å². The van der Waals surface area contributed by atoms with Crippen LogP contribution >= 0.6 is 0 Å². The van der Waals surface area contributed by atoms with Gasteiger partial charge in [-0.1, -0.05) is 0 Å². The summed E-state index contributed by atoms with van der Waals surface area (Å²) in [5.74, 6) is 0. The van der Waals surface area contributed by atoms with Gasteiger partial charge in [-0.3, -0.25) is 0 Å². The fourth-order valence-corrected chi connectivity index (χ4v) is 0.802. The predicted molar refractivity (Wildman–Crippen MR) is 71.2 cm³/mol. The van der Waals surface area contributed by atoms with Crippen LogP contribution < -0.4 is 0 Å². The molecule has 0 amide bonds. The standard InChI is InChI=1S/C6H14O5.C6H14O3/c7-1-5(9)3-11-4-6(10)2-8;1-5(2)9-4-6(8)3-7/h5-10H,1-4H2;5-8H,3-4H2,1-2H3. The van der Waals surface area contributed by atoms with Crippen LogP contribution in [0.5, 0.6) is 0 Å². The lowest BCUT2D eigenvalue weighted by Gasteiger charge is -2.10. The van der Waals surface area contributed by atoms with Crippen molar-refractivity contribution in [1.82, 2.24) is 0 Å². The molecule has 0 aliphatic heterocycles. The van der Waals surface area contributed by atoms with Crippen molar-refractivity contribution in [2.45, 2.75) is 38.3 Å². The van der Waals surface area contributed by atoms with Gasteiger partial charge in [-0.15, -0.1) is 0 Å². The molecule has 0 aliphatic rings. The second-order valence-corrected chi connectivity index (χ2v) is 4.43. The Morgan fingerprint density at radius 3 is 1.35 bits per heavy atom. The second kappa shape index (κ2) is 15.1. The van der Waals surface area contributed by atoms with Crippen molar-refractivity contribution in [3.63, 3.8) is 0 Å². The molecule has 124 valence electrons. The maximum Gasteiger partial charge on any atom is 0.100 e. The monoisotopic (exact) mass is 300 g/mol. The van der Waals surface area contributed by atoms with Crippen LogP contribution in [0.2, 0.25) is 0 Å². The van der Waals surface area contributed by atoms with Gasteiger partial charge in [-0.05, 0) is 13.8 Å². The number of rotatable bonds is 10. The van der Waals surface area contributed by atoms with Gasteiger partial charge in [0.05, 0.1) is 45.7 Å². The van der Waals surface area contributed by atoms with Gasteiger partial charge in [0.25, 0.3) is 0 Å². The van der Waals surface area contributed by atoms with E-state index in [9.17, 15) is 0 Å². The molecule has 0 radical (unpaired) electrons. The third-order valence-corrected chi connectivity index (χ3v) is 1.87. The van der Waals surface area contributed by atoms with Crippen molar-refractivity contribution in [3.05, 3.63) is 0 Å². The van der Waals surface area contributed by atoms with E-state index < -0.39 is 18.3 Å². The summed E-state index contributed by atoms with van der Waals surface area (Å²) in [6.45, 7) is 2.95. The minimum atomic E-state index is -0.916. The maximum absolute atomic E-state index is 8.73. The Hall–Kier alpha value is -0.320. The van der Waals surface area contributed by atoms with E-state index in [2.05, 4.69) is 0 Å². The average molecular weight is 300 g/mol. The Labute approximate surface area is 119 Å². The van der Waals surface area contributed by atoms with Crippen LogP contribution in [0.4, 0.5) is 0 Å². The molecule has 0 fully saturated rings. The molecule has 20 heavy (non-hydrogen) atoms. The number of hydrogen-bond donors (Lipinski definition) is 6. The molecule has 0 aromatic carbocycles. The zero-order valence-electron chi connectivity index (χ0n) is 12.1. The molecule has 0 rings (SSSR count). The van der Waals surface area contributed by atoms with Crippen molar-refractivity contribution in [3.8, 4) is 0 Å². The first-order valence-corrected chi connectivity index (χ1v) is 6.43. The van der Waals surface area contributed by atoms with Gasteiger partial charge in [0.15, 0.2) is 0 Å². The molecule has 0 aromatic rings. The highest BCUT2D eigenvalue weighted by Crippen LogP contribution is 1.90. The molecule has 6 N–H and O–H groups in total. The minimum Gasteiger partial charge on any atom is -0.394 e. The molecule has 0 aliphatic carbocycles. The third kappa shape index (κ3) is 17.7. The molecular weight excluding hydrogens is 272 g/mol. The summed E-state index contributed by atoms with van der Waals surface area (Å²) in [7, 11) is 0. The molecule has 0 bridgehead atoms. The summed E-state index contributed by atoms with van der Waals surface area (Å²) >= 11 is 0. The van der Waals surface area contributed by atoms with Gasteiger partial charge in [0.2, 0.25) is 0 Å². The van der Waals surface area contributed by atoms with Crippen molar-refractivity contribution >= 4 is 0 Å². The Balaban J connectivity index is 0. The van der Waals surface area contributed by atoms with E-state index in [1.165, 1.54) is 0 Å². The highest BCUT2D eigenvalue weighted by molar-refractivity contribution is 4.52. The lowest BCUT2D eigenvalue weighted by atomic mass is 10.4. The molecular formula is C12H28O8. The van der Waals surface area contributed by atoms with Crippen molar-refractivity contribution < 1.29 is 40.1 Å². The zero-order valence-corrected chi connectivity index (χ0v) is 12.1. The molecule has 0 saturated heterocycles. The molecule has 0 saturated carbocycles. The van der Waals surface area contributed by atoms with Crippen molar-refractivity contribution in [2.75, 3.05) is 39.6 Å². The normalized spacial score (nSPS) is 15.4. The zero-order chi connectivity index (χ0) is 16.0. The van der Waals surface area contributed by atoms with Crippen molar-refractivity contribution in [1.29, 1.82) is 0 Å². The molecule has 8 heteroatoms. The van der Waals surface area contributed by atoms with E-state index in [0.29, 0.717) is 0 Å². The smallest absolute Gasteiger partial charge is 0.100 e. The molecule has 3 atom stereocenters. The first-order valence-electron chi connectivity index (χ1n) is 6.43. The van der Waals surface area contributed by atoms with Gasteiger partial charge in [0, 0.05) is 0 Å². The van der Waals surface area contributed by atoms with E-state index in [1.807, 2.05) is 13.8 Å². The van der Waals surface area contributed by atoms with Gasteiger partial charge >= 0.3 is 0 Å². The summed E-state index contributed by atoms with van der Waals surface area (Å²) in [6, 6.07) is 0. The Bertz CT molecular complexity index is 180. The fraction of sp³-hybridized carbons (Fsp3) is 1.00. The first kappa shape index (κ1) is 22.0. The van der Waals surface area contributed by atoms with Gasteiger partial charge in [-0.25, -0.2) is 0 Å². The van der Waals surface area contributed by atoms with Crippen LogP contribution in [0.25, 0.3) is 0 Å². The number of aliphatic hydroxyl groups excluding tert-OH is 6. The van der Waals surface area contributed by atoms with Crippen molar-refractivity contribution in [2.24, 2.45) is 0 Å². The Kier molecular flexibility index (Phi) is 16.6. The van der Waals surface area contributed by atoms with Crippen LogP contribution in [-0.4, -0.2) is 94.7 Å². The summed E-state index contributed by atoms with van der Waals surface area (Å²) in [5.41, 5.74) is 0. The Morgan fingerprint density at radius 1 is 0.700 bits per heavy atom. The third-order valence-electron chi connectivity index (χ3n) is 1.87. The minimum absolute atomic E-state index is 0.0342. The number of ether oxygens (including phenoxy) is 2. The fourth-order valence-electron chi connectivity index (χ4n) is 0.802. The van der Waals surface area contributed by atoms with Gasteiger partial charge in [0.1, 0.15) is 18.3 Å². The average Bonchev–Trinajstić information content (AvgIpc) is 2.44. The van der Waals surface area contributed by atoms with Crippen LogP contribution in [0, 0.1) is 0 Å². The predicted octanol–water partition coefficient (Wildman–Crippen LogP) is -2.53. The first-order chi connectivity index (χ1) is 9.37. The SMILES string of the molecule is CC(C)OCC(O)CO.OCC(O)COCC(O)CO. The van der Waals surface area contributed by atoms with E-state index in [-0.39, 0.29) is 45.7 Å². The highest BCUT2D eigenvalue weighted by atomic mass is 16.5. The van der Waals surface area contributed by atoms with Crippen LogP contribution in [-0.2, 0) is 9.47 Å². The van der Waals surface area contributed by atoms with E-state index in [1.54, 1.807) is 0 Å². The van der Waals surface area contributed by atoms with Crippen LogP contribution in [0.3, 0.4) is 0 Å². The summed E-state index contributed by atoms with van der Waals surface area (Å²) in [4.78, 5) is 0. The quantitative estimate of drug-likeness (QED) is 0.260. The summed E-state index contributed by atoms with van der Waals surface area (Å²) in [5, 5.41) is 51.1. The Morgan fingerprint density at radius 2 is 1.05 bits per heavy atom. The topological polar surface area (TPSA) is 140 Å². The molecule has 0 aromatic heterocycles. The van der Waals surface area contributed by atoms with E-state index in [0.717, 1.165) is 0 Å². The second-order valence-electron chi connectivity index (χ2n) is 4.43. The van der Waals surface area contributed by atoms with Crippen LogP contribution in [0.1, 0.15) is 13.8 Å². The lowest BCUT2D eigenvalue weighted by molar-refractivity contribution is -0.0364. The summed E-state index contributed by atoms with van der Waals surface area (Å²) < 4.78 is 9.70. The summed E-state index contributed by atoms with van der Waals surface area (Å²) in [6.07, 6.45) is -2.44. The molecule has 8 nitrogen and oxygen atoms in total. The molecule has 0 spiro atoms. The van der Waals surface area contributed by atoms with Gasteiger partial charge in [-0.2, -0.15) is 0 Å². The molecule has 0 heterocycles. The van der Waals surface area contributed by atoms with E-state index >= 15 is 0 Å². The number of aliphatic hydroxyl groups is 6. The number of hydrogen-bond acceptors (Lipinski definition) is 8. The van der Waals surface area contributed by atoms with Gasteiger partial charge < -0.3 is 40.1 Å². The maximum atomic E-state index is 8.73. The largest absolute Gasteiger partial charge is 0.394 e. The lowest BCUT2D eigenvalue weighted by Crippen LogP contribution is -2.25. The highest BCUT2D eigenvalue weighted by Gasteiger charge is 2.05. The van der Waals surface area contributed by atoms with Crippen LogP contribution in [0.15, 0.2) is 0 Å².